The maximum atomic E-state index is 12.7. The minimum Gasteiger partial charge on any atom is -0.493 e. The summed E-state index contributed by atoms with van der Waals surface area (Å²) in [5.74, 6) is 1.89. The number of anilines is 1. The van der Waals surface area contributed by atoms with Crippen molar-refractivity contribution in [3.8, 4) is 29.1 Å². The number of carbonyl (C=O) groups is 1. The van der Waals surface area contributed by atoms with Crippen LogP contribution >= 0.6 is 34.2 Å². The fourth-order valence-electron chi connectivity index (χ4n) is 3.40. The van der Waals surface area contributed by atoms with Crippen molar-refractivity contribution in [2.24, 2.45) is 0 Å². The highest BCUT2D eigenvalue weighted by Gasteiger charge is 2.17. The van der Waals surface area contributed by atoms with Crippen LogP contribution in [0.3, 0.4) is 0 Å². The molecule has 178 valence electrons. The highest BCUT2D eigenvalue weighted by atomic mass is 127. The number of benzene rings is 3. The van der Waals surface area contributed by atoms with E-state index in [1.807, 2.05) is 30.3 Å². The second-order valence-corrected chi connectivity index (χ2v) is 9.12. The predicted molar refractivity (Wildman–Crippen MR) is 141 cm³/mol. The van der Waals surface area contributed by atoms with Gasteiger partial charge >= 0.3 is 0 Å². The number of amides is 1. The SMILES string of the molecule is COc1cc(/C=C(\C#N)C(=O)Nc2cccc(Cl)c2C)cc(I)c1OCc1ccc2c(c1)OCO2. The molecule has 1 heterocycles. The van der Waals surface area contributed by atoms with Crippen LogP contribution in [0.2, 0.25) is 5.02 Å². The number of nitrogens with zero attached hydrogens (tertiary/aromatic N) is 1. The highest BCUT2D eigenvalue weighted by Crippen LogP contribution is 2.37. The van der Waals surface area contributed by atoms with Crippen molar-refractivity contribution in [1.29, 1.82) is 5.26 Å². The number of methoxy groups -OCH3 is 1. The maximum Gasteiger partial charge on any atom is 0.266 e. The Morgan fingerprint density at radius 2 is 2.03 bits per heavy atom. The van der Waals surface area contributed by atoms with Gasteiger partial charge in [-0.15, -0.1) is 0 Å². The Balaban J connectivity index is 1.53. The lowest BCUT2D eigenvalue weighted by Crippen LogP contribution is -2.14. The van der Waals surface area contributed by atoms with Crippen molar-refractivity contribution >= 4 is 51.9 Å². The minimum atomic E-state index is -0.532. The summed E-state index contributed by atoms with van der Waals surface area (Å²) in [7, 11) is 1.53. The van der Waals surface area contributed by atoms with E-state index in [0.29, 0.717) is 45.9 Å². The Hall–Kier alpha value is -3.42. The molecule has 1 aliphatic rings. The average Bonchev–Trinajstić information content (AvgIpc) is 3.32. The molecule has 35 heavy (non-hydrogen) atoms. The largest absolute Gasteiger partial charge is 0.493 e. The molecule has 3 aromatic rings. The Morgan fingerprint density at radius 1 is 1.23 bits per heavy atom. The topological polar surface area (TPSA) is 89.8 Å². The van der Waals surface area contributed by atoms with Gasteiger partial charge in [0.05, 0.1) is 10.7 Å². The molecule has 1 amide bonds. The summed E-state index contributed by atoms with van der Waals surface area (Å²) in [5, 5.41) is 12.9. The first-order valence-corrected chi connectivity index (χ1v) is 11.9. The van der Waals surface area contributed by atoms with Gasteiger partial charge in [0.2, 0.25) is 6.79 Å². The Bertz CT molecular complexity index is 1370. The van der Waals surface area contributed by atoms with Crippen LogP contribution in [0.25, 0.3) is 6.08 Å². The molecule has 0 saturated carbocycles. The molecule has 3 aromatic carbocycles. The van der Waals surface area contributed by atoms with Crippen molar-refractivity contribution in [1.82, 2.24) is 0 Å². The van der Waals surface area contributed by atoms with Gasteiger partial charge in [0.25, 0.3) is 5.91 Å². The summed E-state index contributed by atoms with van der Waals surface area (Å²) in [5.41, 5.74) is 2.74. The molecular formula is C26H20ClIN2O5. The first-order valence-electron chi connectivity index (χ1n) is 10.5. The van der Waals surface area contributed by atoms with E-state index in [2.05, 4.69) is 27.9 Å². The maximum absolute atomic E-state index is 12.7. The minimum absolute atomic E-state index is 0.0590. The number of ether oxygens (including phenoxy) is 4. The van der Waals surface area contributed by atoms with Crippen LogP contribution in [0.4, 0.5) is 5.69 Å². The number of rotatable bonds is 7. The molecule has 0 unspecified atom stereocenters. The zero-order chi connectivity index (χ0) is 24.9. The average molecular weight is 603 g/mol. The summed E-state index contributed by atoms with van der Waals surface area (Å²) in [4.78, 5) is 12.7. The normalized spacial score (nSPS) is 12.1. The van der Waals surface area contributed by atoms with Crippen LogP contribution in [-0.2, 0) is 11.4 Å². The number of hydrogen-bond donors (Lipinski definition) is 1. The molecule has 1 N–H and O–H groups in total. The van der Waals surface area contributed by atoms with E-state index in [1.165, 1.54) is 13.2 Å². The fraction of sp³-hybridized carbons (Fsp3) is 0.154. The molecule has 1 aliphatic heterocycles. The first-order chi connectivity index (χ1) is 16.9. The third kappa shape index (κ3) is 5.63. The van der Waals surface area contributed by atoms with E-state index < -0.39 is 5.91 Å². The number of halogens is 2. The van der Waals surface area contributed by atoms with Gasteiger partial charge in [-0.25, -0.2) is 0 Å². The molecule has 0 aromatic heterocycles. The van der Waals surface area contributed by atoms with Gasteiger partial charge in [0, 0.05) is 10.7 Å². The second kappa shape index (κ2) is 10.9. The van der Waals surface area contributed by atoms with Crippen LogP contribution in [0.1, 0.15) is 16.7 Å². The molecule has 0 atom stereocenters. The van der Waals surface area contributed by atoms with Crippen LogP contribution in [0.5, 0.6) is 23.0 Å². The van der Waals surface area contributed by atoms with Gasteiger partial charge in [0.1, 0.15) is 18.2 Å². The summed E-state index contributed by atoms with van der Waals surface area (Å²) in [6.07, 6.45) is 1.50. The summed E-state index contributed by atoms with van der Waals surface area (Å²) >= 11 is 8.26. The Labute approximate surface area is 221 Å². The van der Waals surface area contributed by atoms with E-state index in [1.54, 1.807) is 31.2 Å². The van der Waals surface area contributed by atoms with Crippen molar-refractivity contribution in [2.75, 3.05) is 19.2 Å². The quantitative estimate of drug-likeness (QED) is 0.199. The molecule has 4 rings (SSSR count). The molecule has 7 nitrogen and oxygen atoms in total. The van der Waals surface area contributed by atoms with E-state index >= 15 is 0 Å². The van der Waals surface area contributed by atoms with Gasteiger partial charge in [-0.2, -0.15) is 5.26 Å². The monoisotopic (exact) mass is 602 g/mol. The molecule has 0 saturated heterocycles. The lowest BCUT2D eigenvalue weighted by molar-refractivity contribution is -0.112. The second-order valence-electron chi connectivity index (χ2n) is 7.55. The van der Waals surface area contributed by atoms with Crippen LogP contribution in [0.15, 0.2) is 54.1 Å². The third-order valence-electron chi connectivity index (χ3n) is 5.26. The number of fused-ring (bicyclic) bond motifs is 1. The lowest BCUT2D eigenvalue weighted by atomic mass is 10.1. The summed E-state index contributed by atoms with van der Waals surface area (Å²) in [6.45, 7) is 2.30. The first kappa shape index (κ1) is 24.7. The smallest absolute Gasteiger partial charge is 0.266 e. The lowest BCUT2D eigenvalue weighted by Gasteiger charge is -2.14. The Kier molecular flexibility index (Phi) is 7.68. The molecule has 0 spiro atoms. The van der Waals surface area contributed by atoms with E-state index in [-0.39, 0.29) is 12.4 Å². The van der Waals surface area contributed by atoms with Gasteiger partial charge in [0.15, 0.2) is 23.0 Å². The third-order valence-corrected chi connectivity index (χ3v) is 6.47. The van der Waals surface area contributed by atoms with Crippen molar-refractivity contribution < 1.29 is 23.7 Å². The highest BCUT2D eigenvalue weighted by molar-refractivity contribution is 14.1. The van der Waals surface area contributed by atoms with Gasteiger partial charge in [-0.05, 0) is 88.7 Å². The number of nitrogens with one attached hydrogen (secondary N) is 1. The van der Waals surface area contributed by atoms with Crippen LogP contribution in [-0.4, -0.2) is 19.8 Å². The van der Waals surface area contributed by atoms with Crippen molar-refractivity contribution in [2.45, 2.75) is 13.5 Å². The molecule has 0 fully saturated rings. The van der Waals surface area contributed by atoms with Crippen molar-refractivity contribution in [3.05, 3.63) is 79.4 Å². The number of nitriles is 1. The molecule has 0 aliphatic carbocycles. The van der Waals surface area contributed by atoms with Gasteiger partial charge < -0.3 is 24.3 Å². The van der Waals surface area contributed by atoms with Gasteiger partial charge in [-0.3, -0.25) is 4.79 Å². The molecule has 9 heteroatoms. The predicted octanol–water partition coefficient (Wildman–Crippen LogP) is 6.12. The zero-order valence-electron chi connectivity index (χ0n) is 18.9. The summed E-state index contributed by atoms with van der Waals surface area (Å²) in [6, 6.07) is 16.3. The molecular weight excluding hydrogens is 583 g/mol. The summed E-state index contributed by atoms with van der Waals surface area (Å²) < 4.78 is 23.1. The van der Waals surface area contributed by atoms with Crippen LogP contribution in [0, 0.1) is 21.8 Å². The van der Waals surface area contributed by atoms with E-state index in [0.717, 1.165) is 14.7 Å². The fourth-order valence-corrected chi connectivity index (χ4v) is 4.35. The standard InChI is InChI=1S/C26H20ClIN2O5/c1-15-19(27)4-3-5-21(15)30-26(31)18(12-29)8-17-9-20(28)25(24(11-17)32-2)33-13-16-6-7-22-23(10-16)35-14-34-22/h3-11H,13-14H2,1-2H3,(H,30,31)/b18-8+. The Morgan fingerprint density at radius 3 is 2.80 bits per heavy atom. The number of carbonyl (C=O) groups excluding carboxylic acids is 1. The molecule has 0 bridgehead atoms. The van der Waals surface area contributed by atoms with E-state index in [9.17, 15) is 10.1 Å². The number of hydrogen-bond acceptors (Lipinski definition) is 6. The zero-order valence-corrected chi connectivity index (χ0v) is 21.8. The van der Waals surface area contributed by atoms with Crippen molar-refractivity contribution in [3.63, 3.8) is 0 Å². The molecule has 0 radical (unpaired) electrons. The van der Waals surface area contributed by atoms with Gasteiger partial charge in [-0.1, -0.05) is 23.7 Å². The van der Waals surface area contributed by atoms with Crippen LogP contribution < -0.4 is 24.3 Å². The van der Waals surface area contributed by atoms with E-state index in [4.69, 9.17) is 30.5 Å².